The van der Waals surface area contributed by atoms with Gasteiger partial charge in [0, 0.05) is 49.9 Å². The van der Waals surface area contributed by atoms with E-state index in [1.807, 2.05) is 45.0 Å². The van der Waals surface area contributed by atoms with E-state index in [0.29, 0.717) is 25.3 Å². The van der Waals surface area contributed by atoms with E-state index in [4.69, 9.17) is 9.47 Å². The summed E-state index contributed by atoms with van der Waals surface area (Å²) >= 11 is 0. The molecule has 0 atom stereocenters. The molecule has 0 spiro atoms. The fourth-order valence-corrected chi connectivity index (χ4v) is 3.80. The Balaban J connectivity index is 1.40. The molecule has 150 valence electrons. The summed E-state index contributed by atoms with van der Waals surface area (Å²) in [6, 6.07) is 7.89. The number of likely N-dealkylation sites (tertiary alicyclic amines) is 1. The normalized spacial score (nSPS) is 18.0. The maximum Gasteiger partial charge on any atom is 0.410 e. The Morgan fingerprint density at radius 3 is 2.61 bits per heavy atom. The first-order chi connectivity index (χ1) is 13.3. The average Bonchev–Trinajstić information content (AvgIpc) is 3.00. The monoisotopic (exact) mass is 385 g/mol. The molecule has 2 amide bonds. The van der Waals surface area contributed by atoms with Crippen LogP contribution < -0.4 is 10.1 Å². The number of hydrogen-bond acceptors (Lipinski definition) is 4. The van der Waals surface area contributed by atoms with Crippen LogP contribution in [0.25, 0.3) is 10.9 Å². The lowest BCUT2D eigenvalue weighted by Gasteiger charge is -2.33. The first-order valence-corrected chi connectivity index (χ1v) is 9.86. The number of fused-ring (bicyclic) bond motifs is 3. The first kappa shape index (κ1) is 18.7. The number of benzene rings is 1. The van der Waals surface area contributed by atoms with Gasteiger partial charge in [-0.1, -0.05) is 0 Å². The van der Waals surface area contributed by atoms with Crippen molar-refractivity contribution in [3.05, 3.63) is 30.0 Å². The number of carbonyl (C=O) groups excluding carboxylic acids is 2. The zero-order valence-corrected chi connectivity index (χ0v) is 16.7. The quantitative estimate of drug-likeness (QED) is 0.862. The van der Waals surface area contributed by atoms with Gasteiger partial charge in [-0.15, -0.1) is 0 Å². The Morgan fingerprint density at radius 2 is 1.89 bits per heavy atom. The van der Waals surface area contributed by atoms with Crippen LogP contribution in [-0.4, -0.2) is 52.8 Å². The lowest BCUT2D eigenvalue weighted by atomic mass is 10.1. The van der Waals surface area contributed by atoms with Crippen molar-refractivity contribution < 1.29 is 19.1 Å². The van der Waals surface area contributed by atoms with E-state index < -0.39 is 5.60 Å². The molecule has 1 saturated heterocycles. The number of ether oxygens (including phenoxy) is 2. The van der Waals surface area contributed by atoms with Gasteiger partial charge in [-0.05, 0) is 45.0 Å². The highest BCUT2D eigenvalue weighted by Crippen LogP contribution is 2.28. The molecule has 7 nitrogen and oxygen atoms in total. The second-order valence-corrected chi connectivity index (χ2v) is 8.44. The Bertz CT molecular complexity index is 904. The van der Waals surface area contributed by atoms with Crippen molar-refractivity contribution in [2.75, 3.05) is 19.6 Å². The maximum atomic E-state index is 12.2. The van der Waals surface area contributed by atoms with E-state index in [-0.39, 0.29) is 18.1 Å². The summed E-state index contributed by atoms with van der Waals surface area (Å²) in [5.74, 6) is 0.769. The van der Waals surface area contributed by atoms with Crippen LogP contribution in [0, 0.1) is 0 Å². The van der Waals surface area contributed by atoms with Gasteiger partial charge in [-0.3, -0.25) is 4.79 Å². The van der Waals surface area contributed by atoms with Crippen LogP contribution in [-0.2, 0) is 11.3 Å². The highest BCUT2D eigenvalue weighted by atomic mass is 16.6. The van der Waals surface area contributed by atoms with Gasteiger partial charge in [0.2, 0.25) is 0 Å². The van der Waals surface area contributed by atoms with Crippen LogP contribution in [0.2, 0.25) is 0 Å². The number of nitrogens with one attached hydrogen (secondary N) is 1. The first-order valence-electron chi connectivity index (χ1n) is 9.86. The van der Waals surface area contributed by atoms with Crippen molar-refractivity contribution in [3.8, 4) is 5.75 Å². The van der Waals surface area contributed by atoms with Crippen molar-refractivity contribution in [1.82, 2.24) is 14.8 Å². The molecule has 28 heavy (non-hydrogen) atoms. The molecular formula is C21H27N3O4. The summed E-state index contributed by atoms with van der Waals surface area (Å²) in [5, 5.41) is 3.88. The molecule has 1 aromatic carbocycles. The van der Waals surface area contributed by atoms with Gasteiger partial charge in [-0.25, -0.2) is 4.79 Å². The number of aromatic nitrogens is 1. The molecule has 2 aliphatic rings. The molecule has 1 aromatic heterocycles. The van der Waals surface area contributed by atoms with Gasteiger partial charge in [0.15, 0.2) is 0 Å². The Labute approximate surface area is 164 Å². The topological polar surface area (TPSA) is 72.8 Å². The summed E-state index contributed by atoms with van der Waals surface area (Å²) in [6.45, 7) is 8.32. The predicted octanol–water partition coefficient (Wildman–Crippen LogP) is 3.16. The molecule has 0 bridgehead atoms. The number of hydrogen-bond donors (Lipinski definition) is 1. The molecule has 0 aliphatic carbocycles. The number of carbonyl (C=O) groups is 2. The van der Waals surface area contributed by atoms with Crippen molar-refractivity contribution in [2.24, 2.45) is 0 Å². The van der Waals surface area contributed by atoms with E-state index in [1.54, 1.807) is 4.90 Å². The van der Waals surface area contributed by atoms with Crippen LogP contribution in [0.4, 0.5) is 4.79 Å². The van der Waals surface area contributed by atoms with Gasteiger partial charge >= 0.3 is 6.09 Å². The molecule has 1 N–H and O–H groups in total. The van der Waals surface area contributed by atoms with Crippen LogP contribution >= 0.6 is 0 Å². The SMILES string of the molecule is CC(C)(C)OC(=O)N1CCC(Oc2ccc3c(c2)cc2n3CCNC2=O)CC1. The third-order valence-electron chi connectivity index (χ3n) is 5.12. The van der Waals surface area contributed by atoms with Gasteiger partial charge in [-0.2, -0.15) is 0 Å². The summed E-state index contributed by atoms with van der Waals surface area (Å²) in [6.07, 6.45) is 1.35. The van der Waals surface area contributed by atoms with Crippen molar-refractivity contribution in [3.63, 3.8) is 0 Å². The second-order valence-electron chi connectivity index (χ2n) is 8.44. The van der Waals surface area contributed by atoms with Crippen LogP contribution in [0.1, 0.15) is 44.1 Å². The fraction of sp³-hybridized carbons (Fsp3) is 0.524. The fourth-order valence-electron chi connectivity index (χ4n) is 3.80. The zero-order valence-electron chi connectivity index (χ0n) is 16.7. The summed E-state index contributed by atoms with van der Waals surface area (Å²) in [5.41, 5.74) is 1.27. The molecule has 3 heterocycles. The molecule has 4 rings (SSSR count). The molecule has 1 fully saturated rings. The van der Waals surface area contributed by atoms with E-state index in [2.05, 4.69) is 9.88 Å². The van der Waals surface area contributed by atoms with Gasteiger partial charge in [0.1, 0.15) is 23.1 Å². The Morgan fingerprint density at radius 1 is 1.14 bits per heavy atom. The lowest BCUT2D eigenvalue weighted by Crippen LogP contribution is -2.44. The standard InChI is InChI=1S/C21H27N3O4/c1-21(2,3)28-20(26)23-9-6-15(7-10-23)27-16-4-5-17-14(12-16)13-18-19(25)22-8-11-24(17)18/h4-5,12-13,15H,6-11H2,1-3H3,(H,22,25). The lowest BCUT2D eigenvalue weighted by molar-refractivity contribution is 0.0126. The Kier molecular flexibility index (Phi) is 4.69. The number of rotatable bonds is 2. The largest absolute Gasteiger partial charge is 0.490 e. The molecule has 2 aromatic rings. The predicted molar refractivity (Wildman–Crippen MR) is 106 cm³/mol. The third-order valence-corrected chi connectivity index (χ3v) is 5.12. The summed E-state index contributed by atoms with van der Waals surface area (Å²) < 4.78 is 13.7. The van der Waals surface area contributed by atoms with Gasteiger partial charge in [0.05, 0.1) is 0 Å². The maximum absolute atomic E-state index is 12.2. The third kappa shape index (κ3) is 3.79. The smallest absolute Gasteiger partial charge is 0.410 e. The van der Waals surface area contributed by atoms with Crippen molar-refractivity contribution in [1.29, 1.82) is 0 Å². The molecule has 7 heteroatoms. The van der Waals surface area contributed by atoms with E-state index in [1.165, 1.54) is 0 Å². The van der Waals surface area contributed by atoms with Gasteiger partial charge < -0.3 is 24.3 Å². The zero-order chi connectivity index (χ0) is 19.9. The van der Waals surface area contributed by atoms with E-state index in [9.17, 15) is 9.59 Å². The van der Waals surface area contributed by atoms with Crippen LogP contribution in [0.15, 0.2) is 24.3 Å². The molecule has 2 aliphatic heterocycles. The molecule has 0 radical (unpaired) electrons. The number of amides is 2. The minimum Gasteiger partial charge on any atom is -0.490 e. The Hall–Kier alpha value is -2.70. The minimum absolute atomic E-state index is 0.0283. The van der Waals surface area contributed by atoms with Gasteiger partial charge in [0.25, 0.3) is 5.91 Å². The molecule has 0 unspecified atom stereocenters. The number of nitrogens with zero attached hydrogens (tertiary/aromatic N) is 2. The summed E-state index contributed by atoms with van der Waals surface area (Å²) in [4.78, 5) is 25.9. The van der Waals surface area contributed by atoms with E-state index in [0.717, 1.165) is 36.0 Å². The van der Waals surface area contributed by atoms with Crippen LogP contribution in [0.5, 0.6) is 5.75 Å². The molecule has 0 saturated carbocycles. The molecular weight excluding hydrogens is 358 g/mol. The van der Waals surface area contributed by atoms with Crippen molar-refractivity contribution >= 4 is 22.9 Å². The van der Waals surface area contributed by atoms with Crippen LogP contribution in [0.3, 0.4) is 0 Å². The summed E-state index contributed by atoms with van der Waals surface area (Å²) in [7, 11) is 0. The van der Waals surface area contributed by atoms with Crippen molar-refractivity contribution in [2.45, 2.75) is 51.9 Å². The number of piperidine rings is 1. The highest BCUT2D eigenvalue weighted by molar-refractivity contribution is 5.99. The average molecular weight is 385 g/mol. The van der Waals surface area contributed by atoms with E-state index >= 15 is 0 Å². The second kappa shape index (κ2) is 7.04. The minimum atomic E-state index is -0.479. The highest BCUT2D eigenvalue weighted by Gasteiger charge is 2.28.